The molecule has 1 amide bonds. The minimum atomic E-state index is -5.08. The average molecular weight is 444 g/mol. The summed E-state index contributed by atoms with van der Waals surface area (Å²) in [5.74, 6) is -3.04. The van der Waals surface area contributed by atoms with Gasteiger partial charge in [0.1, 0.15) is 5.82 Å². The van der Waals surface area contributed by atoms with Crippen LogP contribution in [0.15, 0.2) is 6.07 Å². The molecule has 0 spiro atoms. The minimum Gasteiger partial charge on any atom is -0.475 e. The Balaban J connectivity index is 0.000000339. The van der Waals surface area contributed by atoms with E-state index in [0.717, 1.165) is 42.7 Å². The Morgan fingerprint density at radius 1 is 1.26 bits per heavy atom. The predicted molar refractivity (Wildman–Crippen MR) is 107 cm³/mol. The summed E-state index contributed by atoms with van der Waals surface area (Å²) in [6.07, 6.45) is -2.81. The van der Waals surface area contributed by atoms with E-state index in [0.29, 0.717) is 23.2 Å². The van der Waals surface area contributed by atoms with E-state index in [1.807, 2.05) is 13.8 Å². The largest absolute Gasteiger partial charge is 0.490 e. The lowest BCUT2D eigenvalue weighted by atomic mass is 9.91. The van der Waals surface area contributed by atoms with Gasteiger partial charge in [-0.25, -0.2) is 9.18 Å². The second kappa shape index (κ2) is 8.37. The molecule has 5 N–H and O–H groups in total. The number of carboxylic acid groups (broad SMARTS) is 1. The number of amides is 1. The molecule has 0 bridgehead atoms. The van der Waals surface area contributed by atoms with Gasteiger partial charge in [-0.2, -0.15) is 13.2 Å². The highest BCUT2D eigenvalue weighted by atomic mass is 19.4. The number of halogens is 4. The van der Waals surface area contributed by atoms with E-state index in [1.165, 1.54) is 12.5 Å². The van der Waals surface area contributed by atoms with Crippen LogP contribution in [0.4, 0.5) is 23.2 Å². The summed E-state index contributed by atoms with van der Waals surface area (Å²) in [7, 11) is 0. The van der Waals surface area contributed by atoms with E-state index in [2.05, 4.69) is 15.2 Å². The van der Waals surface area contributed by atoms with E-state index in [9.17, 15) is 22.4 Å². The Kier molecular flexibility index (Phi) is 6.17. The van der Waals surface area contributed by atoms with Crippen LogP contribution in [0.2, 0.25) is 0 Å². The molecule has 31 heavy (non-hydrogen) atoms. The van der Waals surface area contributed by atoms with Crippen LogP contribution in [0.1, 0.15) is 34.5 Å². The van der Waals surface area contributed by atoms with Crippen LogP contribution < -0.4 is 16.0 Å². The van der Waals surface area contributed by atoms with Crippen LogP contribution in [0.25, 0.3) is 10.9 Å². The van der Waals surface area contributed by atoms with Crippen molar-refractivity contribution in [2.75, 3.05) is 24.5 Å². The molecular weight excluding hydrogens is 420 g/mol. The van der Waals surface area contributed by atoms with Crippen molar-refractivity contribution in [3.8, 4) is 0 Å². The van der Waals surface area contributed by atoms with Gasteiger partial charge in [-0.1, -0.05) is 0 Å². The molecule has 0 radical (unpaired) electrons. The van der Waals surface area contributed by atoms with E-state index < -0.39 is 18.1 Å². The lowest BCUT2D eigenvalue weighted by Gasteiger charge is -2.37. The highest BCUT2D eigenvalue weighted by molar-refractivity contribution is 6.10. The van der Waals surface area contributed by atoms with Gasteiger partial charge in [-0.3, -0.25) is 4.79 Å². The standard InChI is InChI=1S/C18H23FN4O.C2HF3O2/c1-9-10(2)22-16-12(18(20)24)7-13(19)17(15(9)16)23-6-4-11-3-5-21-14(11)8-23;3-2(4,5)1(6)7/h7,11,14,21-22H,3-6,8H2,1-2H3,(H2,20,24);(H,6,7). The lowest BCUT2D eigenvalue weighted by Crippen LogP contribution is -2.46. The summed E-state index contributed by atoms with van der Waals surface area (Å²) in [4.78, 5) is 26.0. The second-order valence-corrected chi connectivity index (χ2v) is 7.89. The van der Waals surface area contributed by atoms with Gasteiger partial charge in [0.25, 0.3) is 5.91 Å². The number of primary amides is 1. The molecule has 2 aliphatic heterocycles. The molecule has 3 heterocycles. The van der Waals surface area contributed by atoms with Gasteiger partial charge in [-0.15, -0.1) is 0 Å². The first-order valence-corrected chi connectivity index (χ1v) is 9.81. The minimum absolute atomic E-state index is 0.219. The molecule has 2 saturated heterocycles. The van der Waals surface area contributed by atoms with E-state index >= 15 is 0 Å². The van der Waals surface area contributed by atoms with Crippen LogP contribution in [-0.4, -0.2) is 53.8 Å². The molecule has 0 saturated carbocycles. The van der Waals surface area contributed by atoms with Crippen LogP contribution in [0.3, 0.4) is 0 Å². The number of aromatic amines is 1. The van der Waals surface area contributed by atoms with Crippen molar-refractivity contribution in [2.24, 2.45) is 11.7 Å². The number of benzene rings is 1. The highest BCUT2D eigenvalue weighted by Gasteiger charge is 2.38. The SMILES string of the molecule is Cc1[nH]c2c(C(N)=O)cc(F)c(N3CCC4CCNC4C3)c2c1C.O=C(O)C(F)(F)F. The number of carbonyl (C=O) groups excluding carboxylic acids is 1. The quantitative estimate of drug-likeness (QED) is 0.533. The van der Waals surface area contributed by atoms with Crippen LogP contribution >= 0.6 is 0 Å². The van der Waals surface area contributed by atoms with Crippen molar-refractivity contribution in [1.29, 1.82) is 0 Å². The normalized spacial score (nSPS) is 20.9. The Morgan fingerprint density at radius 2 is 1.90 bits per heavy atom. The number of aryl methyl sites for hydroxylation is 2. The van der Waals surface area contributed by atoms with Crippen molar-refractivity contribution in [3.63, 3.8) is 0 Å². The van der Waals surface area contributed by atoms with Crippen LogP contribution in [0, 0.1) is 25.6 Å². The van der Waals surface area contributed by atoms with Gasteiger partial charge in [0.2, 0.25) is 0 Å². The molecule has 1 aromatic heterocycles. The number of hydrogen-bond donors (Lipinski definition) is 4. The monoisotopic (exact) mass is 444 g/mol. The first-order valence-electron chi connectivity index (χ1n) is 9.81. The number of anilines is 1. The lowest BCUT2D eigenvalue weighted by molar-refractivity contribution is -0.192. The molecule has 11 heteroatoms. The maximum absolute atomic E-state index is 15.0. The van der Waals surface area contributed by atoms with E-state index in [4.69, 9.17) is 15.6 Å². The summed E-state index contributed by atoms with van der Waals surface area (Å²) in [6.45, 7) is 6.59. The van der Waals surface area contributed by atoms with Crippen molar-refractivity contribution in [2.45, 2.75) is 38.9 Å². The van der Waals surface area contributed by atoms with Gasteiger partial charge in [0, 0.05) is 30.2 Å². The first-order chi connectivity index (χ1) is 14.4. The Morgan fingerprint density at radius 3 is 2.48 bits per heavy atom. The van der Waals surface area contributed by atoms with Crippen molar-refractivity contribution >= 4 is 28.5 Å². The molecule has 2 unspecified atom stereocenters. The summed E-state index contributed by atoms with van der Waals surface area (Å²) in [6, 6.07) is 1.70. The number of nitrogens with zero attached hydrogens (tertiary/aromatic N) is 1. The van der Waals surface area contributed by atoms with Gasteiger partial charge >= 0.3 is 12.1 Å². The first kappa shape index (κ1) is 22.9. The zero-order valence-electron chi connectivity index (χ0n) is 17.1. The smallest absolute Gasteiger partial charge is 0.475 e. The Labute approximate surface area is 175 Å². The Bertz CT molecular complexity index is 1020. The molecule has 7 nitrogen and oxygen atoms in total. The third-order valence-corrected chi connectivity index (χ3v) is 6.01. The predicted octanol–water partition coefficient (Wildman–Crippen LogP) is 2.84. The maximum atomic E-state index is 15.0. The number of rotatable bonds is 2. The zero-order chi connectivity index (χ0) is 23.1. The second-order valence-electron chi connectivity index (χ2n) is 7.89. The number of aliphatic carboxylic acids is 1. The molecule has 1 aromatic carbocycles. The number of fused-ring (bicyclic) bond motifs is 2. The summed E-state index contributed by atoms with van der Waals surface area (Å²) >= 11 is 0. The number of carboxylic acids is 1. The van der Waals surface area contributed by atoms with Gasteiger partial charge in [0.05, 0.1) is 16.8 Å². The molecule has 2 atom stereocenters. The summed E-state index contributed by atoms with van der Waals surface area (Å²) < 4.78 is 46.7. The van der Waals surface area contributed by atoms with Gasteiger partial charge < -0.3 is 26.0 Å². The molecule has 2 fully saturated rings. The number of H-pyrrole nitrogens is 1. The third-order valence-electron chi connectivity index (χ3n) is 6.01. The number of alkyl halides is 3. The van der Waals surface area contributed by atoms with Gasteiger partial charge in [-0.05, 0) is 50.8 Å². The third kappa shape index (κ3) is 4.46. The summed E-state index contributed by atoms with van der Waals surface area (Å²) in [5.41, 5.74) is 8.84. The van der Waals surface area contributed by atoms with Crippen molar-refractivity contribution in [3.05, 3.63) is 28.7 Å². The summed E-state index contributed by atoms with van der Waals surface area (Å²) in [5, 5.41) is 11.4. The molecule has 4 rings (SSSR count). The van der Waals surface area contributed by atoms with E-state index in [-0.39, 0.29) is 11.4 Å². The maximum Gasteiger partial charge on any atom is 0.490 e. The fourth-order valence-electron chi connectivity index (χ4n) is 4.34. The number of nitrogens with two attached hydrogens (primary N) is 1. The fraction of sp³-hybridized carbons (Fsp3) is 0.500. The highest BCUT2D eigenvalue weighted by Crippen LogP contribution is 2.38. The molecule has 170 valence electrons. The average Bonchev–Trinajstić information content (AvgIpc) is 3.25. The van der Waals surface area contributed by atoms with Crippen LogP contribution in [0.5, 0.6) is 0 Å². The van der Waals surface area contributed by atoms with Crippen LogP contribution in [-0.2, 0) is 4.79 Å². The number of piperidine rings is 1. The van der Waals surface area contributed by atoms with E-state index in [1.54, 1.807) is 0 Å². The van der Waals surface area contributed by atoms with Crippen molar-refractivity contribution < 1.29 is 32.3 Å². The number of nitrogens with one attached hydrogen (secondary N) is 2. The molecule has 0 aliphatic carbocycles. The number of carbonyl (C=O) groups is 2. The molecular formula is C20H24F4N4O3. The topological polar surface area (TPSA) is 111 Å². The van der Waals surface area contributed by atoms with Crippen molar-refractivity contribution in [1.82, 2.24) is 10.3 Å². The molecule has 2 aromatic rings. The van der Waals surface area contributed by atoms with Gasteiger partial charge in [0.15, 0.2) is 0 Å². The zero-order valence-corrected chi connectivity index (χ0v) is 17.1. The number of aromatic nitrogens is 1. The fourth-order valence-corrected chi connectivity index (χ4v) is 4.34. The number of hydrogen-bond acceptors (Lipinski definition) is 4. The molecule has 2 aliphatic rings. The Hall–Kier alpha value is -2.82.